The van der Waals surface area contributed by atoms with Crippen LogP contribution in [0.25, 0.3) is 0 Å². The van der Waals surface area contributed by atoms with E-state index in [1.165, 1.54) is 38.6 Å². The Balaban J connectivity index is 1.84. The lowest BCUT2D eigenvalue weighted by Crippen LogP contribution is -2.15. The molecule has 0 aliphatic heterocycles. The minimum absolute atomic E-state index is 0.119. The molecule has 0 fully saturated rings. The van der Waals surface area contributed by atoms with Gasteiger partial charge in [-0.15, -0.1) is 0 Å². The van der Waals surface area contributed by atoms with E-state index in [0.717, 1.165) is 0 Å². The molecule has 1 aromatic heterocycles. The van der Waals surface area contributed by atoms with Crippen molar-refractivity contribution in [3.63, 3.8) is 0 Å². The first-order valence-electron chi connectivity index (χ1n) is 8.81. The molecule has 0 aliphatic rings. The number of anilines is 3. The molecular formula is C21H19F2N3O4. The summed E-state index contributed by atoms with van der Waals surface area (Å²) < 4.78 is 40.0. The second kappa shape index (κ2) is 9.55. The van der Waals surface area contributed by atoms with Gasteiger partial charge in [0.1, 0.15) is 11.6 Å². The molecule has 2 N–H and O–H groups in total. The van der Waals surface area contributed by atoms with Gasteiger partial charge in [-0.05, 0) is 36.4 Å². The highest BCUT2D eigenvalue weighted by molar-refractivity contribution is 6.08. The molecule has 0 radical (unpaired) electrons. The van der Waals surface area contributed by atoms with Crippen LogP contribution in [0.1, 0.15) is 10.4 Å². The third-order valence-corrected chi connectivity index (χ3v) is 4.05. The van der Waals surface area contributed by atoms with Crippen molar-refractivity contribution in [2.75, 3.05) is 24.9 Å². The zero-order valence-electron chi connectivity index (χ0n) is 16.2. The monoisotopic (exact) mass is 415 g/mol. The largest absolute Gasteiger partial charge is 0.495 e. The number of rotatable bonds is 8. The second-order valence-corrected chi connectivity index (χ2v) is 5.92. The third-order valence-electron chi connectivity index (χ3n) is 4.05. The number of amides is 1. The average Bonchev–Trinajstić information content (AvgIpc) is 2.74. The topological polar surface area (TPSA) is 81.7 Å². The average molecular weight is 415 g/mol. The molecule has 0 spiro atoms. The van der Waals surface area contributed by atoms with Crippen molar-refractivity contribution >= 4 is 23.1 Å². The predicted molar refractivity (Wildman–Crippen MR) is 108 cm³/mol. The number of nitrogens with zero attached hydrogens (tertiary/aromatic N) is 1. The number of para-hydroxylation sites is 2. The van der Waals surface area contributed by atoms with E-state index >= 15 is 0 Å². The molecule has 7 nitrogen and oxygen atoms in total. The van der Waals surface area contributed by atoms with Crippen LogP contribution < -0.4 is 24.8 Å². The molecule has 3 rings (SSSR count). The highest BCUT2D eigenvalue weighted by Crippen LogP contribution is 2.32. The third kappa shape index (κ3) is 4.93. The summed E-state index contributed by atoms with van der Waals surface area (Å²) in [6.07, 6.45) is 1.54. The SMILES string of the molecule is COc1ccccc1Nc1ncccc1C(=O)Nc1ccc(OC)c(OC(F)F)c1. The number of carbonyl (C=O) groups is 1. The van der Waals surface area contributed by atoms with E-state index in [1.807, 2.05) is 12.1 Å². The number of hydrogen-bond donors (Lipinski definition) is 2. The van der Waals surface area contributed by atoms with Crippen LogP contribution in [0.4, 0.5) is 26.0 Å². The molecule has 1 amide bonds. The van der Waals surface area contributed by atoms with Gasteiger partial charge in [0.15, 0.2) is 11.5 Å². The maximum atomic E-state index is 12.8. The molecule has 1 heterocycles. The number of carbonyl (C=O) groups excluding carboxylic acids is 1. The van der Waals surface area contributed by atoms with Crippen LogP contribution in [0, 0.1) is 0 Å². The van der Waals surface area contributed by atoms with Gasteiger partial charge in [-0.25, -0.2) is 4.98 Å². The maximum Gasteiger partial charge on any atom is 0.387 e. The summed E-state index contributed by atoms with van der Waals surface area (Å²) in [6.45, 7) is -3.03. The fraction of sp³-hybridized carbons (Fsp3) is 0.143. The minimum atomic E-state index is -3.03. The van der Waals surface area contributed by atoms with E-state index in [0.29, 0.717) is 17.3 Å². The summed E-state index contributed by atoms with van der Waals surface area (Å²) >= 11 is 0. The van der Waals surface area contributed by atoms with Gasteiger partial charge in [-0.3, -0.25) is 4.79 Å². The first-order chi connectivity index (χ1) is 14.5. The van der Waals surface area contributed by atoms with Gasteiger partial charge in [0.2, 0.25) is 0 Å². The van der Waals surface area contributed by atoms with Crippen LogP contribution in [0.3, 0.4) is 0 Å². The van der Waals surface area contributed by atoms with Crippen molar-refractivity contribution in [1.29, 1.82) is 0 Å². The fourth-order valence-corrected chi connectivity index (χ4v) is 2.70. The van der Waals surface area contributed by atoms with Crippen molar-refractivity contribution in [3.05, 3.63) is 66.4 Å². The number of aromatic nitrogens is 1. The zero-order chi connectivity index (χ0) is 21.5. The molecule has 3 aromatic rings. The van der Waals surface area contributed by atoms with Crippen LogP contribution in [0.5, 0.6) is 17.2 Å². The second-order valence-electron chi connectivity index (χ2n) is 5.92. The van der Waals surface area contributed by atoms with Gasteiger partial charge in [-0.1, -0.05) is 12.1 Å². The summed E-state index contributed by atoms with van der Waals surface area (Å²) in [5, 5.41) is 5.72. The van der Waals surface area contributed by atoms with Gasteiger partial charge in [0, 0.05) is 18.0 Å². The summed E-state index contributed by atoms with van der Waals surface area (Å²) in [5.74, 6) is 0.321. The maximum absolute atomic E-state index is 12.8. The summed E-state index contributed by atoms with van der Waals surface area (Å²) in [4.78, 5) is 17.1. The van der Waals surface area contributed by atoms with Crippen molar-refractivity contribution in [2.24, 2.45) is 0 Å². The summed E-state index contributed by atoms with van der Waals surface area (Å²) in [5.41, 5.74) is 1.13. The molecular weight excluding hydrogens is 396 g/mol. The number of halogens is 2. The number of methoxy groups -OCH3 is 2. The van der Waals surface area contributed by atoms with Gasteiger partial charge in [-0.2, -0.15) is 8.78 Å². The fourth-order valence-electron chi connectivity index (χ4n) is 2.70. The van der Waals surface area contributed by atoms with E-state index in [1.54, 1.807) is 24.3 Å². The molecule has 30 heavy (non-hydrogen) atoms. The minimum Gasteiger partial charge on any atom is -0.495 e. The van der Waals surface area contributed by atoms with Crippen molar-refractivity contribution in [1.82, 2.24) is 4.98 Å². The molecule has 0 unspecified atom stereocenters. The van der Waals surface area contributed by atoms with E-state index in [2.05, 4.69) is 20.4 Å². The lowest BCUT2D eigenvalue weighted by molar-refractivity contribution is -0.0511. The lowest BCUT2D eigenvalue weighted by Gasteiger charge is -2.14. The quantitative estimate of drug-likeness (QED) is 0.555. The Labute approximate surface area is 171 Å². The van der Waals surface area contributed by atoms with Gasteiger partial charge < -0.3 is 24.8 Å². The van der Waals surface area contributed by atoms with Gasteiger partial charge in [0.25, 0.3) is 5.91 Å². The van der Waals surface area contributed by atoms with Crippen LogP contribution in [-0.4, -0.2) is 31.7 Å². The number of alkyl halides is 2. The molecule has 0 aliphatic carbocycles. The van der Waals surface area contributed by atoms with Gasteiger partial charge in [0.05, 0.1) is 25.5 Å². The standard InChI is InChI=1S/C21H19F2N3O4/c1-28-16-8-4-3-7-15(16)26-19-14(6-5-11-24-19)20(27)25-13-9-10-17(29-2)18(12-13)30-21(22)23/h3-12,21H,1-2H3,(H,24,26)(H,25,27). The number of pyridine rings is 1. The van der Waals surface area contributed by atoms with Crippen LogP contribution in [0.15, 0.2) is 60.8 Å². The highest BCUT2D eigenvalue weighted by atomic mass is 19.3. The van der Waals surface area contributed by atoms with E-state index in [-0.39, 0.29) is 22.7 Å². The number of benzene rings is 2. The van der Waals surface area contributed by atoms with Crippen molar-refractivity contribution in [3.8, 4) is 17.2 Å². The molecule has 9 heteroatoms. The van der Waals surface area contributed by atoms with Crippen LogP contribution in [0.2, 0.25) is 0 Å². The highest BCUT2D eigenvalue weighted by Gasteiger charge is 2.16. The first kappa shape index (κ1) is 20.8. The Morgan fingerprint density at radius 2 is 1.73 bits per heavy atom. The zero-order valence-corrected chi connectivity index (χ0v) is 16.2. The molecule has 0 bridgehead atoms. The Bertz CT molecular complexity index is 1030. The lowest BCUT2D eigenvalue weighted by atomic mass is 10.2. The smallest absolute Gasteiger partial charge is 0.387 e. The Kier molecular flexibility index (Phi) is 6.63. The molecule has 0 saturated heterocycles. The number of hydrogen-bond acceptors (Lipinski definition) is 6. The van der Waals surface area contributed by atoms with E-state index in [4.69, 9.17) is 9.47 Å². The normalized spacial score (nSPS) is 10.4. The first-order valence-corrected chi connectivity index (χ1v) is 8.81. The molecule has 156 valence electrons. The summed E-state index contributed by atoms with van der Waals surface area (Å²) in [7, 11) is 2.87. The summed E-state index contributed by atoms with van der Waals surface area (Å²) in [6, 6.07) is 14.6. The van der Waals surface area contributed by atoms with E-state index < -0.39 is 12.5 Å². The van der Waals surface area contributed by atoms with E-state index in [9.17, 15) is 13.6 Å². The van der Waals surface area contributed by atoms with Crippen molar-refractivity contribution < 1.29 is 27.8 Å². The van der Waals surface area contributed by atoms with Gasteiger partial charge >= 0.3 is 6.61 Å². The Morgan fingerprint density at radius 3 is 2.47 bits per heavy atom. The molecule has 2 aromatic carbocycles. The Morgan fingerprint density at radius 1 is 0.967 bits per heavy atom. The molecule has 0 saturated carbocycles. The Hall–Kier alpha value is -3.88. The molecule has 0 atom stereocenters. The number of ether oxygens (including phenoxy) is 3. The predicted octanol–water partition coefficient (Wildman–Crippen LogP) is 4.70. The number of nitrogens with one attached hydrogen (secondary N) is 2. The van der Waals surface area contributed by atoms with Crippen LogP contribution >= 0.6 is 0 Å². The van der Waals surface area contributed by atoms with Crippen molar-refractivity contribution in [2.45, 2.75) is 6.61 Å². The van der Waals surface area contributed by atoms with Crippen LogP contribution in [-0.2, 0) is 0 Å².